The fourth-order valence-corrected chi connectivity index (χ4v) is 1.93. The molecule has 1 aliphatic rings. The fourth-order valence-electron chi connectivity index (χ4n) is 1.93. The molecule has 1 aromatic carbocycles. The van der Waals surface area contributed by atoms with Crippen molar-refractivity contribution in [1.29, 1.82) is 0 Å². The molecule has 0 saturated heterocycles. The summed E-state index contributed by atoms with van der Waals surface area (Å²) < 4.78 is 10.5. The molecule has 0 fully saturated rings. The van der Waals surface area contributed by atoms with E-state index in [0.717, 1.165) is 5.56 Å². The predicted molar refractivity (Wildman–Crippen MR) is 74.4 cm³/mol. The summed E-state index contributed by atoms with van der Waals surface area (Å²) in [4.78, 5) is 16.2. The van der Waals surface area contributed by atoms with Crippen molar-refractivity contribution in [2.24, 2.45) is 4.99 Å². The Morgan fingerprint density at radius 3 is 2.85 bits per heavy atom. The van der Waals surface area contributed by atoms with Crippen molar-refractivity contribution < 1.29 is 13.9 Å². The first-order valence-corrected chi connectivity index (χ1v) is 6.06. The first-order chi connectivity index (χ1) is 9.78. The van der Waals surface area contributed by atoms with E-state index in [4.69, 9.17) is 9.15 Å². The molecule has 100 valence electrons. The van der Waals surface area contributed by atoms with Gasteiger partial charge >= 0.3 is 0 Å². The van der Waals surface area contributed by atoms with Crippen LogP contribution >= 0.6 is 0 Å². The van der Waals surface area contributed by atoms with Crippen LogP contribution in [-0.4, -0.2) is 18.9 Å². The molecule has 0 bridgehead atoms. The molecule has 2 heterocycles. The molecule has 1 amide bonds. The molecule has 5 nitrogen and oxygen atoms in total. The lowest BCUT2D eigenvalue weighted by Gasteiger charge is -2.03. The highest BCUT2D eigenvalue weighted by Crippen LogP contribution is 2.22. The van der Waals surface area contributed by atoms with Gasteiger partial charge in [0.2, 0.25) is 0 Å². The van der Waals surface area contributed by atoms with Crippen LogP contribution in [-0.2, 0) is 4.79 Å². The molecule has 1 aromatic heterocycles. The third-order valence-corrected chi connectivity index (χ3v) is 2.88. The number of para-hydroxylation sites is 1. The van der Waals surface area contributed by atoms with Crippen LogP contribution in [0, 0.1) is 0 Å². The van der Waals surface area contributed by atoms with Crippen LogP contribution < -0.4 is 10.1 Å². The third-order valence-electron chi connectivity index (χ3n) is 2.88. The summed E-state index contributed by atoms with van der Waals surface area (Å²) in [5.74, 6) is 1.37. The summed E-state index contributed by atoms with van der Waals surface area (Å²) >= 11 is 0. The van der Waals surface area contributed by atoms with Crippen LogP contribution in [0.3, 0.4) is 0 Å². The van der Waals surface area contributed by atoms with Crippen molar-refractivity contribution in [1.82, 2.24) is 5.32 Å². The average molecular weight is 268 g/mol. The van der Waals surface area contributed by atoms with Crippen LogP contribution in [0.25, 0.3) is 6.08 Å². The summed E-state index contributed by atoms with van der Waals surface area (Å²) in [6.07, 6.45) is 3.22. The lowest BCUT2D eigenvalue weighted by Crippen LogP contribution is -2.24. The molecular weight excluding hydrogens is 256 g/mol. The normalized spacial score (nSPS) is 16.1. The molecule has 0 radical (unpaired) electrons. The molecule has 5 heteroatoms. The number of carbonyl (C=O) groups is 1. The molecule has 3 rings (SSSR count). The van der Waals surface area contributed by atoms with Crippen molar-refractivity contribution in [3.8, 4) is 5.75 Å². The summed E-state index contributed by atoms with van der Waals surface area (Å²) in [6.45, 7) is 0. The largest absolute Gasteiger partial charge is 0.496 e. The predicted octanol–water partition coefficient (Wildman–Crippen LogP) is 2.21. The van der Waals surface area contributed by atoms with Crippen LogP contribution in [0.15, 0.2) is 57.8 Å². The van der Waals surface area contributed by atoms with Gasteiger partial charge in [0, 0.05) is 5.56 Å². The quantitative estimate of drug-likeness (QED) is 0.868. The zero-order chi connectivity index (χ0) is 13.9. The first kappa shape index (κ1) is 12.2. The minimum atomic E-state index is -0.262. The van der Waals surface area contributed by atoms with Gasteiger partial charge in [-0.3, -0.25) is 4.79 Å². The van der Waals surface area contributed by atoms with Gasteiger partial charge in [0.05, 0.1) is 13.4 Å². The van der Waals surface area contributed by atoms with Crippen LogP contribution in [0.1, 0.15) is 11.3 Å². The monoisotopic (exact) mass is 268 g/mol. The number of methoxy groups -OCH3 is 1. The van der Waals surface area contributed by atoms with Gasteiger partial charge in [0.25, 0.3) is 5.91 Å². The van der Waals surface area contributed by atoms with Crippen LogP contribution in [0.2, 0.25) is 0 Å². The topological polar surface area (TPSA) is 63.8 Å². The number of carbonyl (C=O) groups excluding carboxylic acids is 1. The molecule has 0 unspecified atom stereocenters. The van der Waals surface area contributed by atoms with E-state index in [1.165, 1.54) is 6.26 Å². The lowest BCUT2D eigenvalue weighted by molar-refractivity contribution is -0.115. The Bertz CT molecular complexity index is 700. The number of benzene rings is 1. The maximum atomic E-state index is 11.9. The molecular formula is C15H12N2O3. The maximum absolute atomic E-state index is 11.9. The summed E-state index contributed by atoms with van der Waals surface area (Å²) in [5.41, 5.74) is 1.12. The van der Waals surface area contributed by atoms with E-state index in [1.54, 1.807) is 25.3 Å². The minimum Gasteiger partial charge on any atom is -0.496 e. The molecule has 0 atom stereocenters. The van der Waals surface area contributed by atoms with E-state index in [1.807, 2.05) is 24.3 Å². The standard InChI is InChI=1S/C15H12N2O3/c1-19-12-6-3-2-5-10(12)9-11-15(18)17-14(16-11)13-7-4-8-20-13/h2-9H,1H3,(H,16,17,18)/b11-9+. The van der Waals surface area contributed by atoms with Gasteiger partial charge in [-0.25, -0.2) is 4.99 Å². The Morgan fingerprint density at radius 1 is 1.25 bits per heavy atom. The van der Waals surface area contributed by atoms with Gasteiger partial charge in [0.15, 0.2) is 11.6 Å². The van der Waals surface area contributed by atoms with E-state index in [2.05, 4.69) is 10.3 Å². The van der Waals surface area contributed by atoms with Gasteiger partial charge in [-0.2, -0.15) is 0 Å². The maximum Gasteiger partial charge on any atom is 0.275 e. The van der Waals surface area contributed by atoms with Gasteiger partial charge in [0.1, 0.15) is 11.4 Å². The first-order valence-electron chi connectivity index (χ1n) is 6.06. The summed E-state index contributed by atoms with van der Waals surface area (Å²) in [7, 11) is 1.59. The number of amidine groups is 1. The summed E-state index contributed by atoms with van der Waals surface area (Å²) in [5, 5.41) is 2.67. The zero-order valence-electron chi connectivity index (χ0n) is 10.8. The molecule has 1 aliphatic heterocycles. The van der Waals surface area contributed by atoms with Crippen LogP contribution in [0.4, 0.5) is 0 Å². The zero-order valence-corrected chi connectivity index (χ0v) is 10.8. The number of furan rings is 1. The van der Waals surface area contributed by atoms with E-state index in [-0.39, 0.29) is 5.91 Å². The number of aliphatic imine (C=N–C) groups is 1. The smallest absolute Gasteiger partial charge is 0.275 e. The van der Waals surface area contributed by atoms with Crippen molar-refractivity contribution in [3.63, 3.8) is 0 Å². The highest BCUT2D eigenvalue weighted by Gasteiger charge is 2.22. The molecule has 0 spiro atoms. The second-order valence-electron chi connectivity index (χ2n) is 4.16. The second-order valence-corrected chi connectivity index (χ2v) is 4.16. The number of ether oxygens (including phenoxy) is 1. The molecule has 1 N–H and O–H groups in total. The Morgan fingerprint density at radius 2 is 2.10 bits per heavy atom. The SMILES string of the molecule is COc1ccccc1/C=C1/N=C(c2ccco2)NC1=O. The lowest BCUT2D eigenvalue weighted by atomic mass is 10.1. The van der Waals surface area contributed by atoms with E-state index < -0.39 is 0 Å². The third kappa shape index (κ3) is 2.21. The number of hydrogen-bond donors (Lipinski definition) is 1. The Labute approximate surface area is 115 Å². The van der Waals surface area contributed by atoms with E-state index >= 15 is 0 Å². The van der Waals surface area contributed by atoms with E-state index in [0.29, 0.717) is 23.0 Å². The Kier molecular flexibility index (Phi) is 3.09. The minimum absolute atomic E-state index is 0.262. The molecule has 2 aromatic rings. The van der Waals surface area contributed by atoms with Crippen LogP contribution in [0.5, 0.6) is 5.75 Å². The van der Waals surface area contributed by atoms with E-state index in [9.17, 15) is 4.79 Å². The van der Waals surface area contributed by atoms with Gasteiger partial charge < -0.3 is 14.5 Å². The highest BCUT2D eigenvalue weighted by atomic mass is 16.5. The van der Waals surface area contributed by atoms with Gasteiger partial charge in [-0.05, 0) is 24.3 Å². The van der Waals surface area contributed by atoms with Crippen molar-refractivity contribution in [3.05, 3.63) is 59.7 Å². The molecule has 0 saturated carbocycles. The number of nitrogens with one attached hydrogen (secondary N) is 1. The molecule has 0 aliphatic carbocycles. The number of hydrogen-bond acceptors (Lipinski definition) is 4. The Hall–Kier alpha value is -2.82. The number of amides is 1. The Balaban J connectivity index is 1.97. The van der Waals surface area contributed by atoms with Gasteiger partial charge in [-0.1, -0.05) is 18.2 Å². The highest BCUT2D eigenvalue weighted by molar-refractivity contribution is 6.19. The van der Waals surface area contributed by atoms with Crippen molar-refractivity contribution in [2.75, 3.05) is 7.11 Å². The fraction of sp³-hybridized carbons (Fsp3) is 0.0667. The number of rotatable bonds is 3. The van der Waals surface area contributed by atoms with Crippen molar-refractivity contribution in [2.45, 2.75) is 0 Å². The summed E-state index contributed by atoms with van der Waals surface area (Å²) in [6, 6.07) is 10.9. The van der Waals surface area contributed by atoms with Crippen molar-refractivity contribution >= 4 is 17.8 Å². The van der Waals surface area contributed by atoms with Gasteiger partial charge in [-0.15, -0.1) is 0 Å². The number of nitrogens with zero attached hydrogens (tertiary/aromatic N) is 1. The second kappa shape index (κ2) is 5.05. The molecule has 20 heavy (non-hydrogen) atoms. The average Bonchev–Trinajstić information content (AvgIpc) is 3.10.